The van der Waals surface area contributed by atoms with Crippen LogP contribution in [0.1, 0.15) is 33.6 Å². The molecule has 0 bridgehead atoms. The minimum absolute atomic E-state index is 0.556. The van der Waals surface area contributed by atoms with Crippen LogP contribution in [0.15, 0.2) is 30.3 Å². The van der Waals surface area contributed by atoms with Gasteiger partial charge in [0.15, 0.2) is 0 Å². The zero-order valence-electron chi connectivity index (χ0n) is 11.6. The Morgan fingerprint density at radius 3 is 2.24 bits per heavy atom. The third-order valence-corrected chi connectivity index (χ3v) is 3.59. The molecule has 0 fully saturated rings. The molecule has 0 radical (unpaired) electrons. The van der Waals surface area contributed by atoms with E-state index in [0.717, 1.165) is 6.54 Å². The van der Waals surface area contributed by atoms with E-state index in [1.807, 2.05) is 6.07 Å². The topological polar surface area (TPSA) is 15.3 Å². The van der Waals surface area contributed by atoms with Crippen LogP contribution in [-0.2, 0) is 0 Å². The summed E-state index contributed by atoms with van der Waals surface area (Å²) in [4.78, 5) is 2.48. The molecule has 0 amide bonds. The molecule has 0 aromatic heterocycles. The van der Waals surface area contributed by atoms with E-state index in [-0.39, 0.29) is 0 Å². The molecule has 1 aromatic rings. The molecule has 0 saturated heterocycles. The van der Waals surface area contributed by atoms with Crippen LogP contribution in [0.25, 0.3) is 0 Å². The van der Waals surface area contributed by atoms with Crippen LogP contribution in [0, 0.1) is 0 Å². The van der Waals surface area contributed by atoms with Crippen LogP contribution >= 0.6 is 0 Å². The predicted octanol–water partition coefficient (Wildman–Crippen LogP) is 3.61. The van der Waals surface area contributed by atoms with Gasteiger partial charge in [-0.05, 0) is 38.9 Å². The molecule has 0 saturated carbocycles. The summed E-state index contributed by atoms with van der Waals surface area (Å²) >= 11 is 0. The van der Waals surface area contributed by atoms with Crippen molar-refractivity contribution in [3.05, 3.63) is 30.3 Å². The molecular weight excluding hydrogens is 208 g/mol. The first-order valence-corrected chi connectivity index (χ1v) is 6.69. The van der Waals surface area contributed by atoms with Crippen molar-refractivity contribution in [3.8, 4) is 0 Å². The lowest BCUT2D eigenvalue weighted by atomic mass is 10.1. The van der Waals surface area contributed by atoms with E-state index in [4.69, 9.17) is 0 Å². The standard InChI is InChI=1S/C15H26N2/c1-5-15(6-2)17(4)13(3)12-16-14-10-8-7-9-11-14/h7-11,13,15-16H,5-6,12H2,1-4H3. The molecule has 0 spiro atoms. The molecule has 1 aromatic carbocycles. The van der Waals surface area contributed by atoms with Crippen molar-refractivity contribution in [1.82, 2.24) is 4.90 Å². The van der Waals surface area contributed by atoms with Gasteiger partial charge in [0, 0.05) is 24.3 Å². The molecule has 1 rings (SSSR count). The Bertz CT molecular complexity index is 293. The average Bonchev–Trinajstić information content (AvgIpc) is 2.38. The SMILES string of the molecule is CCC(CC)N(C)C(C)CNc1ccccc1. The Labute approximate surface area is 106 Å². The molecular formula is C15H26N2. The highest BCUT2D eigenvalue weighted by molar-refractivity contribution is 5.42. The number of rotatable bonds is 7. The normalized spacial score (nSPS) is 13.1. The summed E-state index contributed by atoms with van der Waals surface area (Å²) in [7, 11) is 2.23. The molecule has 17 heavy (non-hydrogen) atoms. The van der Waals surface area contributed by atoms with Crippen molar-refractivity contribution >= 4 is 5.69 Å². The number of hydrogen-bond acceptors (Lipinski definition) is 2. The number of hydrogen-bond donors (Lipinski definition) is 1. The number of likely N-dealkylation sites (N-methyl/N-ethyl adjacent to an activating group) is 1. The Kier molecular flexibility index (Phi) is 6.06. The van der Waals surface area contributed by atoms with E-state index in [1.54, 1.807) is 0 Å². The summed E-state index contributed by atoms with van der Waals surface area (Å²) < 4.78 is 0. The van der Waals surface area contributed by atoms with Gasteiger partial charge in [0.25, 0.3) is 0 Å². The lowest BCUT2D eigenvalue weighted by molar-refractivity contribution is 0.181. The lowest BCUT2D eigenvalue weighted by Gasteiger charge is -2.32. The van der Waals surface area contributed by atoms with Crippen molar-refractivity contribution in [3.63, 3.8) is 0 Å². The van der Waals surface area contributed by atoms with Crippen LogP contribution in [0.4, 0.5) is 5.69 Å². The molecule has 0 aliphatic heterocycles. The third-order valence-electron chi connectivity index (χ3n) is 3.59. The zero-order chi connectivity index (χ0) is 12.7. The molecule has 1 N–H and O–H groups in total. The molecule has 2 heteroatoms. The van der Waals surface area contributed by atoms with Gasteiger partial charge in [-0.15, -0.1) is 0 Å². The van der Waals surface area contributed by atoms with Crippen molar-refractivity contribution in [2.24, 2.45) is 0 Å². The Morgan fingerprint density at radius 1 is 1.12 bits per heavy atom. The van der Waals surface area contributed by atoms with Gasteiger partial charge in [-0.2, -0.15) is 0 Å². The summed E-state index contributed by atoms with van der Waals surface area (Å²) in [5.74, 6) is 0. The maximum atomic E-state index is 3.49. The smallest absolute Gasteiger partial charge is 0.0340 e. The van der Waals surface area contributed by atoms with E-state index in [9.17, 15) is 0 Å². The number of anilines is 1. The Morgan fingerprint density at radius 2 is 1.71 bits per heavy atom. The summed E-state index contributed by atoms with van der Waals surface area (Å²) in [6.45, 7) is 7.81. The first-order valence-electron chi connectivity index (χ1n) is 6.69. The minimum Gasteiger partial charge on any atom is -0.383 e. The summed E-state index contributed by atoms with van der Waals surface area (Å²) in [6, 6.07) is 11.7. The molecule has 0 aliphatic carbocycles. The van der Waals surface area contributed by atoms with Gasteiger partial charge < -0.3 is 5.32 Å². The largest absolute Gasteiger partial charge is 0.383 e. The van der Waals surface area contributed by atoms with E-state index < -0.39 is 0 Å². The van der Waals surface area contributed by atoms with Gasteiger partial charge in [0.05, 0.1) is 0 Å². The minimum atomic E-state index is 0.556. The molecule has 0 aliphatic rings. The van der Waals surface area contributed by atoms with Gasteiger partial charge >= 0.3 is 0 Å². The highest BCUT2D eigenvalue weighted by Gasteiger charge is 2.16. The first kappa shape index (κ1) is 14.0. The molecule has 2 nitrogen and oxygen atoms in total. The summed E-state index contributed by atoms with van der Waals surface area (Å²) in [6.07, 6.45) is 2.45. The fraction of sp³-hybridized carbons (Fsp3) is 0.600. The maximum Gasteiger partial charge on any atom is 0.0340 e. The third kappa shape index (κ3) is 4.39. The Balaban J connectivity index is 2.41. The van der Waals surface area contributed by atoms with Crippen LogP contribution in [-0.4, -0.2) is 30.6 Å². The van der Waals surface area contributed by atoms with Gasteiger partial charge in [-0.3, -0.25) is 4.90 Å². The zero-order valence-corrected chi connectivity index (χ0v) is 11.6. The van der Waals surface area contributed by atoms with E-state index in [1.165, 1.54) is 18.5 Å². The first-order chi connectivity index (χ1) is 8.19. The van der Waals surface area contributed by atoms with E-state index >= 15 is 0 Å². The van der Waals surface area contributed by atoms with Gasteiger partial charge in [-0.1, -0.05) is 32.0 Å². The second kappa shape index (κ2) is 7.33. The van der Waals surface area contributed by atoms with Gasteiger partial charge in [0.1, 0.15) is 0 Å². The lowest BCUT2D eigenvalue weighted by Crippen LogP contribution is -2.41. The Hall–Kier alpha value is -1.02. The number of para-hydroxylation sites is 1. The highest BCUT2D eigenvalue weighted by atomic mass is 15.2. The predicted molar refractivity (Wildman–Crippen MR) is 76.5 cm³/mol. The van der Waals surface area contributed by atoms with Crippen molar-refractivity contribution in [2.45, 2.75) is 45.7 Å². The molecule has 1 atom stereocenters. The maximum absolute atomic E-state index is 3.49. The number of nitrogens with one attached hydrogen (secondary N) is 1. The van der Waals surface area contributed by atoms with Gasteiger partial charge in [0.2, 0.25) is 0 Å². The fourth-order valence-electron chi connectivity index (χ4n) is 2.19. The summed E-state index contributed by atoms with van der Waals surface area (Å²) in [5.41, 5.74) is 1.21. The average molecular weight is 234 g/mol. The second-order valence-corrected chi connectivity index (χ2v) is 4.73. The van der Waals surface area contributed by atoms with Crippen LogP contribution in [0.3, 0.4) is 0 Å². The highest BCUT2D eigenvalue weighted by Crippen LogP contribution is 2.11. The van der Waals surface area contributed by atoms with Crippen LogP contribution in [0.5, 0.6) is 0 Å². The fourth-order valence-corrected chi connectivity index (χ4v) is 2.19. The molecule has 96 valence electrons. The van der Waals surface area contributed by atoms with Crippen molar-refractivity contribution in [2.75, 3.05) is 18.9 Å². The number of benzene rings is 1. The van der Waals surface area contributed by atoms with Crippen molar-refractivity contribution < 1.29 is 0 Å². The summed E-state index contributed by atoms with van der Waals surface area (Å²) in [5, 5.41) is 3.49. The quantitative estimate of drug-likeness (QED) is 0.775. The molecule has 0 heterocycles. The number of nitrogens with zero attached hydrogens (tertiary/aromatic N) is 1. The van der Waals surface area contributed by atoms with Gasteiger partial charge in [-0.25, -0.2) is 0 Å². The van der Waals surface area contributed by atoms with Crippen LogP contribution < -0.4 is 5.32 Å². The monoisotopic (exact) mass is 234 g/mol. The molecule has 1 unspecified atom stereocenters. The van der Waals surface area contributed by atoms with E-state index in [0.29, 0.717) is 12.1 Å². The van der Waals surface area contributed by atoms with Crippen LogP contribution in [0.2, 0.25) is 0 Å². The van der Waals surface area contributed by atoms with Crippen molar-refractivity contribution in [1.29, 1.82) is 0 Å². The second-order valence-electron chi connectivity index (χ2n) is 4.73. The van der Waals surface area contributed by atoms with E-state index in [2.05, 4.69) is 62.3 Å².